The van der Waals surface area contributed by atoms with E-state index in [1.807, 2.05) is 30.3 Å². The number of ether oxygens (including phenoxy) is 1. The number of hydrogen-bond donors (Lipinski definition) is 0. The molecule has 1 amide bonds. The Morgan fingerprint density at radius 2 is 2.09 bits per heavy atom. The molecule has 112 valence electrons. The molecule has 0 unspecified atom stereocenters. The molecule has 2 aromatic rings. The van der Waals surface area contributed by atoms with Gasteiger partial charge in [0.25, 0.3) is 0 Å². The smallest absolute Gasteiger partial charge is 0.410 e. The summed E-state index contributed by atoms with van der Waals surface area (Å²) < 4.78 is 10.0. The second kappa shape index (κ2) is 6.26. The number of carbonyl (C=O) groups excluding carboxylic acids is 2. The third kappa shape index (κ3) is 3.22. The van der Waals surface area contributed by atoms with Gasteiger partial charge in [-0.3, -0.25) is 9.69 Å². The van der Waals surface area contributed by atoms with Gasteiger partial charge in [-0.1, -0.05) is 35.5 Å². The number of carbonyl (C=O) groups is 2. The summed E-state index contributed by atoms with van der Waals surface area (Å²) in [5.74, 6) is -0.154. The van der Waals surface area contributed by atoms with Crippen LogP contribution in [0, 0.1) is 0 Å². The standard InChI is InChI=1S/C16H14N2O4/c19-15-6-13(14-7-17-22-11-14)8-18(9-15)16(20)21-10-12-4-2-1-3-5-12/h1-7,11H,8-10H2. The molecule has 1 aromatic heterocycles. The summed E-state index contributed by atoms with van der Waals surface area (Å²) in [7, 11) is 0. The molecule has 0 aliphatic carbocycles. The average molecular weight is 298 g/mol. The Kier molecular flexibility index (Phi) is 4.00. The van der Waals surface area contributed by atoms with Crippen LogP contribution < -0.4 is 0 Å². The number of rotatable bonds is 3. The molecule has 1 aliphatic heterocycles. The molecule has 0 bridgehead atoms. The Labute approximate surface area is 127 Å². The van der Waals surface area contributed by atoms with Crippen LogP contribution in [0.3, 0.4) is 0 Å². The van der Waals surface area contributed by atoms with Crippen molar-refractivity contribution >= 4 is 17.4 Å². The Balaban J connectivity index is 1.64. The average Bonchev–Trinajstić information content (AvgIpc) is 3.07. The van der Waals surface area contributed by atoms with E-state index in [2.05, 4.69) is 5.16 Å². The van der Waals surface area contributed by atoms with E-state index >= 15 is 0 Å². The summed E-state index contributed by atoms with van der Waals surface area (Å²) in [6.07, 6.45) is 3.95. The minimum Gasteiger partial charge on any atom is -0.445 e. The van der Waals surface area contributed by atoms with Gasteiger partial charge in [-0.25, -0.2) is 4.79 Å². The first kappa shape index (κ1) is 14.1. The van der Waals surface area contributed by atoms with Crippen LogP contribution in [-0.2, 0) is 16.1 Å². The predicted octanol–water partition coefficient (Wildman–Crippen LogP) is 2.28. The van der Waals surface area contributed by atoms with E-state index in [1.54, 1.807) is 0 Å². The van der Waals surface area contributed by atoms with E-state index in [4.69, 9.17) is 9.26 Å². The highest BCUT2D eigenvalue weighted by Gasteiger charge is 2.25. The quantitative estimate of drug-likeness (QED) is 0.869. The SMILES string of the molecule is O=C1C=C(c2cnoc2)CN(C(=O)OCc2ccccc2)C1. The Bertz CT molecular complexity index is 692. The lowest BCUT2D eigenvalue weighted by atomic mass is 10.0. The second-order valence-corrected chi connectivity index (χ2v) is 4.95. The van der Waals surface area contributed by atoms with Crippen molar-refractivity contribution in [2.45, 2.75) is 6.61 Å². The van der Waals surface area contributed by atoms with Gasteiger partial charge in [-0.15, -0.1) is 0 Å². The molecule has 6 heteroatoms. The Morgan fingerprint density at radius 1 is 1.27 bits per heavy atom. The maximum absolute atomic E-state index is 12.1. The van der Waals surface area contributed by atoms with Crippen LogP contribution in [-0.4, -0.2) is 35.0 Å². The number of amides is 1. The van der Waals surface area contributed by atoms with Crippen molar-refractivity contribution < 1.29 is 18.8 Å². The largest absolute Gasteiger partial charge is 0.445 e. The van der Waals surface area contributed by atoms with Crippen molar-refractivity contribution in [3.63, 3.8) is 0 Å². The summed E-state index contributed by atoms with van der Waals surface area (Å²) >= 11 is 0. The molecule has 0 atom stereocenters. The molecular formula is C16H14N2O4. The molecule has 6 nitrogen and oxygen atoms in total. The third-order valence-corrected chi connectivity index (χ3v) is 3.31. The summed E-state index contributed by atoms with van der Waals surface area (Å²) in [6.45, 7) is 0.486. The molecule has 0 spiro atoms. The lowest BCUT2D eigenvalue weighted by Gasteiger charge is -2.25. The van der Waals surface area contributed by atoms with Gasteiger partial charge in [0.15, 0.2) is 5.78 Å². The van der Waals surface area contributed by atoms with Crippen molar-refractivity contribution in [2.24, 2.45) is 0 Å². The van der Waals surface area contributed by atoms with Crippen LogP contribution in [0.2, 0.25) is 0 Å². The number of ketones is 1. The first-order chi connectivity index (χ1) is 10.7. The first-order valence-corrected chi connectivity index (χ1v) is 6.81. The topological polar surface area (TPSA) is 72.6 Å². The maximum Gasteiger partial charge on any atom is 0.410 e. The Hall–Kier alpha value is -2.89. The van der Waals surface area contributed by atoms with Gasteiger partial charge in [0.05, 0.1) is 19.3 Å². The van der Waals surface area contributed by atoms with Gasteiger partial charge < -0.3 is 9.26 Å². The van der Waals surface area contributed by atoms with Crippen LogP contribution in [0.5, 0.6) is 0 Å². The van der Waals surface area contributed by atoms with Crippen molar-refractivity contribution in [3.05, 3.63) is 60.0 Å². The van der Waals surface area contributed by atoms with Gasteiger partial charge in [0, 0.05) is 5.56 Å². The molecular weight excluding hydrogens is 284 g/mol. The summed E-state index contributed by atoms with van der Waals surface area (Å²) in [5, 5.41) is 3.61. The van der Waals surface area contributed by atoms with Crippen molar-refractivity contribution in [2.75, 3.05) is 13.1 Å². The van der Waals surface area contributed by atoms with Crippen LogP contribution in [0.1, 0.15) is 11.1 Å². The van der Waals surface area contributed by atoms with Crippen LogP contribution in [0.4, 0.5) is 4.79 Å². The molecule has 22 heavy (non-hydrogen) atoms. The number of benzene rings is 1. The fourth-order valence-electron chi connectivity index (χ4n) is 2.21. The van der Waals surface area contributed by atoms with Crippen LogP contribution in [0.15, 0.2) is 53.4 Å². The van der Waals surface area contributed by atoms with E-state index in [0.717, 1.165) is 5.56 Å². The zero-order valence-electron chi connectivity index (χ0n) is 11.8. The predicted molar refractivity (Wildman–Crippen MR) is 77.7 cm³/mol. The highest BCUT2D eigenvalue weighted by atomic mass is 16.6. The maximum atomic E-state index is 12.1. The minimum absolute atomic E-state index is 0.0163. The van der Waals surface area contributed by atoms with Gasteiger partial charge in [0.2, 0.25) is 0 Å². The molecule has 0 saturated carbocycles. The monoisotopic (exact) mass is 298 g/mol. The van der Waals surface area contributed by atoms with Crippen molar-refractivity contribution in [1.29, 1.82) is 0 Å². The Morgan fingerprint density at radius 3 is 2.82 bits per heavy atom. The molecule has 1 aliphatic rings. The zero-order chi connectivity index (χ0) is 15.4. The molecule has 3 rings (SSSR count). The minimum atomic E-state index is -0.515. The van der Waals surface area contributed by atoms with E-state index in [-0.39, 0.29) is 18.9 Å². The van der Waals surface area contributed by atoms with Crippen molar-refractivity contribution in [1.82, 2.24) is 10.1 Å². The normalized spacial score (nSPS) is 14.6. The molecule has 0 fully saturated rings. The fourth-order valence-corrected chi connectivity index (χ4v) is 2.21. The second-order valence-electron chi connectivity index (χ2n) is 4.95. The van der Waals surface area contributed by atoms with E-state index in [1.165, 1.54) is 23.4 Å². The lowest BCUT2D eigenvalue weighted by Crippen LogP contribution is -2.39. The van der Waals surface area contributed by atoms with E-state index in [9.17, 15) is 9.59 Å². The summed E-state index contributed by atoms with van der Waals surface area (Å²) in [4.78, 5) is 25.3. The highest BCUT2D eigenvalue weighted by Crippen LogP contribution is 2.19. The molecule has 1 aromatic carbocycles. The number of nitrogens with zero attached hydrogens (tertiary/aromatic N) is 2. The molecule has 0 N–H and O–H groups in total. The third-order valence-electron chi connectivity index (χ3n) is 3.31. The van der Waals surface area contributed by atoms with Crippen LogP contribution in [0.25, 0.3) is 5.57 Å². The number of hydrogen-bond acceptors (Lipinski definition) is 5. The van der Waals surface area contributed by atoms with E-state index in [0.29, 0.717) is 17.7 Å². The molecule has 0 radical (unpaired) electrons. The first-order valence-electron chi connectivity index (χ1n) is 6.81. The van der Waals surface area contributed by atoms with Gasteiger partial charge in [0.1, 0.15) is 12.9 Å². The van der Waals surface area contributed by atoms with Gasteiger partial charge in [-0.05, 0) is 17.2 Å². The number of aromatic nitrogens is 1. The molecule has 2 heterocycles. The van der Waals surface area contributed by atoms with Gasteiger partial charge >= 0.3 is 6.09 Å². The highest BCUT2D eigenvalue weighted by molar-refractivity contribution is 6.01. The summed E-state index contributed by atoms with van der Waals surface area (Å²) in [5.41, 5.74) is 2.28. The zero-order valence-corrected chi connectivity index (χ0v) is 11.8. The van der Waals surface area contributed by atoms with E-state index < -0.39 is 6.09 Å². The van der Waals surface area contributed by atoms with Crippen molar-refractivity contribution in [3.8, 4) is 0 Å². The lowest BCUT2D eigenvalue weighted by molar-refractivity contribution is -0.115. The molecule has 0 saturated heterocycles. The summed E-state index contributed by atoms with van der Waals surface area (Å²) in [6, 6.07) is 9.39. The van der Waals surface area contributed by atoms with Gasteiger partial charge in [-0.2, -0.15) is 0 Å². The fraction of sp³-hybridized carbons (Fsp3) is 0.188. The van der Waals surface area contributed by atoms with Crippen LogP contribution >= 0.6 is 0 Å².